The number of hydrogen-bond donors (Lipinski definition) is 3. The molecule has 0 spiro atoms. The van der Waals surface area contributed by atoms with E-state index in [1.807, 2.05) is 6.07 Å². The van der Waals surface area contributed by atoms with Crippen LogP contribution in [-0.2, 0) is 11.2 Å². The first-order valence-electron chi connectivity index (χ1n) is 9.94. The lowest BCUT2D eigenvalue weighted by molar-refractivity contribution is -0.117. The second-order valence-corrected chi connectivity index (χ2v) is 7.05. The van der Waals surface area contributed by atoms with Gasteiger partial charge in [-0.25, -0.2) is 4.98 Å². The lowest BCUT2D eigenvalue weighted by atomic mass is 10.2. The van der Waals surface area contributed by atoms with Crippen LogP contribution >= 0.6 is 0 Å². The number of nitriles is 1. The van der Waals surface area contributed by atoms with Gasteiger partial charge in [-0.3, -0.25) is 9.59 Å². The molecule has 0 unspecified atom stereocenters. The number of nitrogens with zero attached hydrogens (tertiary/aromatic N) is 6. The second kappa shape index (κ2) is 9.27. The molecule has 4 rings (SSSR count). The van der Waals surface area contributed by atoms with E-state index in [1.165, 1.54) is 26.4 Å². The van der Waals surface area contributed by atoms with Crippen LogP contribution in [0.15, 0.2) is 22.9 Å². The van der Waals surface area contributed by atoms with E-state index in [0.29, 0.717) is 5.56 Å². The number of rotatable bonds is 8. The summed E-state index contributed by atoms with van der Waals surface area (Å²) >= 11 is 0. The van der Waals surface area contributed by atoms with Crippen LogP contribution < -0.4 is 20.7 Å². The van der Waals surface area contributed by atoms with Gasteiger partial charge in [-0.1, -0.05) is 5.16 Å². The highest BCUT2D eigenvalue weighted by Crippen LogP contribution is 2.36. The van der Waals surface area contributed by atoms with Gasteiger partial charge in [0.2, 0.25) is 17.6 Å². The van der Waals surface area contributed by atoms with Gasteiger partial charge in [-0.05, 0) is 18.9 Å². The predicted molar refractivity (Wildman–Crippen MR) is 113 cm³/mol. The molecule has 3 aromatic heterocycles. The molecule has 2 amide bonds. The molecule has 0 aromatic carbocycles. The molecule has 0 atom stereocenters. The fourth-order valence-electron chi connectivity index (χ4n) is 2.96. The van der Waals surface area contributed by atoms with Gasteiger partial charge in [0.1, 0.15) is 6.42 Å². The molecular weight excluding hydrogens is 430 g/mol. The molecule has 0 bridgehead atoms. The Morgan fingerprint density at radius 1 is 1.33 bits per heavy atom. The maximum Gasteiger partial charge on any atom is 0.273 e. The molecule has 1 aliphatic rings. The average molecular weight is 449 g/mol. The van der Waals surface area contributed by atoms with Crippen LogP contribution in [0.5, 0.6) is 5.75 Å². The number of hydrogen-bond acceptors (Lipinski definition) is 11. The monoisotopic (exact) mass is 449 g/mol. The Labute approximate surface area is 187 Å². The van der Waals surface area contributed by atoms with Crippen LogP contribution in [0.2, 0.25) is 0 Å². The normalized spacial score (nSPS) is 12.5. The predicted octanol–water partition coefficient (Wildman–Crippen LogP) is 1.45. The Balaban J connectivity index is 1.70. The van der Waals surface area contributed by atoms with Crippen molar-refractivity contribution < 1.29 is 18.8 Å². The molecule has 13 nitrogen and oxygen atoms in total. The largest absolute Gasteiger partial charge is 0.492 e. The summed E-state index contributed by atoms with van der Waals surface area (Å²) in [6.45, 7) is 0. The molecule has 3 heterocycles. The maximum atomic E-state index is 12.3. The zero-order valence-electron chi connectivity index (χ0n) is 17.7. The molecule has 13 heteroatoms. The van der Waals surface area contributed by atoms with E-state index in [1.54, 1.807) is 6.07 Å². The van der Waals surface area contributed by atoms with Crippen molar-refractivity contribution in [3.63, 3.8) is 0 Å². The third-order valence-corrected chi connectivity index (χ3v) is 4.74. The van der Waals surface area contributed by atoms with Crippen molar-refractivity contribution >= 4 is 29.1 Å². The zero-order valence-corrected chi connectivity index (χ0v) is 17.7. The first-order chi connectivity index (χ1) is 16.0. The third kappa shape index (κ3) is 4.69. The molecule has 0 saturated heterocycles. The van der Waals surface area contributed by atoms with Crippen molar-refractivity contribution in [1.82, 2.24) is 30.6 Å². The maximum absolute atomic E-state index is 12.3. The number of aromatic nitrogens is 5. The first-order valence-corrected chi connectivity index (χ1v) is 9.94. The number of methoxy groups -OCH3 is 1. The van der Waals surface area contributed by atoms with E-state index in [0.717, 1.165) is 12.8 Å². The standard InChI is InChI=1S/C20H19N9O4/c1-22-20(31)15-12(9-13(27-28-15)25-19(30)10-3-4-10)24-18-16(32-2)11(6-8-23-18)17-26-14(5-7-21)33-29-17/h6,8-10H,3-5H2,1-2H3,(H,22,31)(H2,23,24,25,27,30). The van der Waals surface area contributed by atoms with Crippen molar-refractivity contribution in [2.24, 2.45) is 5.92 Å². The minimum absolute atomic E-state index is 0.00737. The lowest BCUT2D eigenvalue weighted by Crippen LogP contribution is -2.22. The van der Waals surface area contributed by atoms with Gasteiger partial charge in [0.05, 0.1) is 24.4 Å². The van der Waals surface area contributed by atoms with Gasteiger partial charge in [0, 0.05) is 25.2 Å². The summed E-state index contributed by atoms with van der Waals surface area (Å²) in [5.74, 6) is 0.406. The van der Waals surface area contributed by atoms with Gasteiger partial charge in [0.15, 0.2) is 23.1 Å². The van der Waals surface area contributed by atoms with Crippen molar-refractivity contribution in [1.29, 1.82) is 5.26 Å². The number of amides is 2. The highest BCUT2D eigenvalue weighted by molar-refractivity contribution is 5.99. The smallest absolute Gasteiger partial charge is 0.273 e. The average Bonchev–Trinajstić information content (AvgIpc) is 3.58. The summed E-state index contributed by atoms with van der Waals surface area (Å²) < 4.78 is 10.6. The third-order valence-electron chi connectivity index (χ3n) is 4.74. The Morgan fingerprint density at radius 3 is 2.85 bits per heavy atom. The summed E-state index contributed by atoms with van der Waals surface area (Å²) in [6.07, 6.45) is 3.13. The van der Waals surface area contributed by atoms with Crippen molar-refractivity contribution in [2.75, 3.05) is 24.8 Å². The number of ether oxygens (including phenoxy) is 1. The molecule has 1 fully saturated rings. The van der Waals surface area contributed by atoms with Crippen LogP contribution in [0, 0.1) is 17.2 Å². The van der Waals surface area contributed by atoms with Crippen LogP contribution in [0.1, 0.15) is 29.2 Å². The number of carbonyl (C=O) groups excluding carboxylic acids is 2. The number of pyridine rings is 1. The summed E-state index contributed by atoms with van der Waals surface area (Å²) in [5.41, 5.74) is 0.692. The van der Waals surface area contributed by atoms with Gasteiger partial charge in [0.25, 0.3) is 5.91 Å². The van der Waals surface area contributed by atoms with E-state index in [2.05, 4.69) is 41.3 Å². The molecule has 1 saturated carbocycles. The Hall–Kier alpha value is -4.60. The summed E-state index contributed by atoms with van der Waals surface area (Å²) in [7, 11) is 2.90. The van der Waals surface area contributed by atoms with E-state index in [4.69, 9.17) is 14.5 Å². The van der Waals surface area contributed by atoms with E-state index < -0.39 is 5.91 Å². The van der Waals surface area contributed by atoms with Gasteiger partial charge in [-0.15, -0.1) is 10.2 Å². The summed E-state index contributed by atoms with van der Waals surface area (Å²) in [4.78, 5) is 32.9. The molecule has 1 aliphatic carbocycles. The Bertz CT molecular complexity index is 1250. The van der Waals surface area contributed by atoms with E-state index >= 15 is 0 Å². The SMILES string of the molecule is CNC(=O)c1nnc(NC(=O)C2CC2)cc1Nc1nccc(-c2noc(CC#N)n2)c1OC. The summed E-state index contributed by atoms with van der Waals surface area (Å²) in [6, 6.07) is 5.05. The van der Waals surface area contributed by atoms with Crippen LogP contribution in [-0.4, -0.2) is 51.3 Å². The van der Waals surface area contributed by atoms with Crippen molar-refractivity contribution in [3.8, 4) is 23.2 Å². The quantitative estimate of drug-likeness (QED) is 0.452. The van der Waals surface area contributed by atoms with Crippen LogP contribution in [0.4, 0.5) is 17.3 Å². The highest BCUT2D eigenvalue weighted by Gasteiger charge is 2.30. The minimum atomic E-state index is -0.487. The topological polar surface area (TPSA) is 181 Å². The van der Waals surface area contributed by atoms with E-state index in [9.17, 15) is 9.59 Å². The van der Waals surface area contributed by atoms with Crippen LogP contribution in [0.3, 0.4) is 0 Å². The fraction of sp³-hybridized carbons (Fsp3) is 0.300. The zero-order chi connectivity index (χ0) is 23.4. The molecule has 0 radical (unpaired) electrons. The second-order valence-electron chi connectivity index (χ2n) is 7.05. The fourth-order valence-corrected chi connectivity index (χ4v) is 2.96. The highest BCUT2D eigenvalue weighted by atomic mass is 16.5. The van der Waals surface area contributed by atoms with Gasteiger partial charge >= 0.3 is 0 Å². The number of nitrogens with one attached hydrogen (secondary N) is 3. The molecule has 33 heavy (non-hydrogen) atoms. The Kier molecular flexibility index (Phi) is 6.07. The number of anilines is 3. The van der Waals surface area contributed by atoms with Gasteiger partial charge in [-0.2, -0.15) is 10.2 Å². The van der Waals surface area contributed by atoms with Gasteiger partial charge < -0.3 is 25.2 Å². The number of carbonyl (C=O) groups is 2. The molecule has 3 N–H and O–H groups in total. The molecule has 0 aliphatic heterocycles. The lowest BCUT2D eigenvalue weighted by Gasteiger charge is -2.15. The van der Waals surface area contributed by atoms with Crippen molar-refractivity contribution in [2.45, 2.75) is 19.3 Å². The van der Waals surface area contributed by atoms with Crippen LogP contribution in [0.25, 0.3) is 11.4 Å². The molecular formula is C20H19N9O4. The van der Waals surface area contributed by atoms with E-state index in [-0.39, 0.29) is 58.7 Å². The van der Waals surface area contributed by atoms with Crippen molar-refractivity contribution in [3.05, 3.63) is 29.9 Å². The summed E-state index contributed by atoms with van der Waals surface area (Å²) in [5, 5.41) is 28.8. The molecule has 3 aromatic rings. The Morgan fingerprint density at radius 2 is 2.15 bits per heavy atom. The molecule has 168 valence electrons. The first kappa shape index (κ1) is 21.6. The minimum Gasteiger partial charge on any atom is -0.492 e.